The van der Waals surface area contributed by atoms with Gasteiger partial charge in [-0.1, -0.05) is 13.0 Å². The molecule has 2 heterocycles. The molecule has 1 saturated heterocycles. The monoisotopic (exact) mass is 365 g/mol. The molecule has 0 aromatic heterocycles. The molecule has 18 heavy (non-hydrogen) atoms. The van der Waals surface area contributed by atoms with Crippen LogP contribution < -0.4 is 5.73 Å². The van der Waals surface area contributed by atoms with E-state index in [0.29, 0.717) is 19.1 Å². The number of halogens is 1. The number of rotatable bonds is 2. The maximum atomic E-state index is 6.02. The summed E-state index contributed by atoms with van der Waals surface area (Å²) in [6.45, 7) is 6.64. The zero-order chi connectivity index (χ0) is 12.1. The summed E-state index contributed by atoms with van der Waals surface area (Å²) in [5.74, 6) is 1.52. The van der Waals surface area contributed by atoms with Gasteiger partial charge in [0.15, 0.2) is 5.96 Å². The van der Waals surface area contributed by atoms with Gasteiger partial charge in [0, 0.05) is 13.1 Å². The Morgan fingerprint density at radius 2 is 2.22 bits per heavy atom. The summed E-state index contributed by atoms with van der Waals surface area (Å²) in [6.07, 6.45) is 5.68. The van der Waals surface area contributed by atoms with Crippen LogP contribution in [0.5, 0.6) is 0 Å². The molecular weight excluding hydrogens is 341 g/mol. The highest BCUT2D eigenvalue weighted by Crippen LogP contribution is 2.15. The lowest BCUT2D eigenvalue weighted by molar-refractivity contribution is 0.149. The van der Waals surface area contributed by atoms with Gasteiger partial charge in [0.2, 0.25) is 0 Å². The minimum atomic E-state index is 0. The Kier molecular flexibility index (Phi) is 6.99. The van der Waals surface area contributed by atoms with Crippen molar-refractivity contribution in [3.8, 4) is 0 Å². The van der Waals surface area contributed by atoms with E-state index >= 15 is 0 Å². The summed E-state index contributed by atoms with van der Waals surface area (Å²) in [4.78, 5) is 6.67. The van der Waals surface area contributed by atoms with Crippen molar-refractivity contribution in [2.24, 2.45) is 16.6 Å². The van der Waals surface area contributed by atoms with Crippen LogP contribution in [0.15, 0.2) is 16.6 Å². The first-order valence-electron chi connectivity index (χ1n) is 6.56. The van der Waals surface area contributed by atoms with E-state index in [9.17, 15) is 0 Å². The van der Waals surface area contributed by atoms with Gasteiger partial charge < -0.3 is 15.4 Å². The van der Waals surface area contributed by atoms with Crippen molar-refractivity contribution in [2.45, 2.75) is 26.2 Å². The zero-order valence-electron chi connectivity index (χ0n) is 11.1. The third kappa shape index (κ3) is 4.76. The molecule has 2 rings (SSSR count). The maximum absolute atomic E-state index is 6.02. The van der Waals surface area contributed by atoms with Crippen LogP contribution in [0.3, 0.4) is 0 Å². The molecule has 104 valence electrons. The molecule has 0 unspecified atom stereocenters. The van der Waals surface area contributed by atoms with Gasteiger partial charge in [-0.05, 0) is 30.8 Å². The molecule has 0 saturated carbocycles. The van der Waals surface area contributed by atoms with Gasteiger partial charge in [-0.25, -0.2) is 4.99 Å². The summed E-state index contributed by atoms with van der Waals surface area (Å²) in [5, 5.41) is 0. The minimum Gasteiger partial charge on any atom is -0.377 e. The molecule has 0 aliphatic carbocycles. The first-order chi connectivity index (χ1) is 8.25. The van der Waals surface area contributed by atoms with Crippen molar-refractivity contribution in [1.29, 1.82) is 0 Å². The number of ether oxygens (including phenoxy) is 1. The number of hydrogen-bond acceptors (Lipinski definition) is 2. The predicted molar refractivity (Wildman–Crippen MR) is 85.4 cm³/mol. The van der Waals surface area contributed by atoms with Crippen molar-refractivity contribution in [3.05, 3.63) is 11.6 Å². The van der Waals surface area contributed by atoms with Gasteiger partial charge in [-0.3, -0.25) is 0 Å². The largest absolute Gasteiger partial charge is 0.377 e. The van der Waals surface area contributed by atoms with Crippen molar-refractivity contribution in [1.82, 2.24) is 4.90 Å². The van der Waals surface area contributed by atoms with Crippen LogP contribution in [0.25, 0.3) is 0 Å². The highest BCUT2D eigenvalue weighted by molar-refractivity contribution is 14.0. The Morgan fingerprint density at radius 1 is 1.50 bits per heavy atom. The predicted octanol–water partition coefficient (Wildman–Crippen LogP) is 2.00. The number of nitrogens with two attached hydrogens (primary N) is 1. The fourth-order valence-corrected chi connectivity index (χ4v) is 2.24. The summed E-state index contributed by atoms with van der Waals surface area (Å²) in [7, 11) is 0. The number of aliphatic imine (C=N–C) groups is 1. The molecule has 0 spiro atoms. The number of piperidine rings is 1. The Hall–Kier alpha value is -0.300. The van der Waals surface area contributed by atoms with E-state index in [1.54, 1.807) is 0 Å². The topological polar surface area (TPSA) is 50.8 Å². The molecule has 2 N–H and O–H groups in total. The van der Waals surface area contributed by atoms with Gasteiger partial charge in [0.25, 0.3) is 0 Å². The fourth-order valence-electron chi connectivity index (χ4n) is 2.24. The molecule has 0 atom stereocenters. The first kappa shape index (κ1) is 15.8. The summed E-state index contributed by atoms with van der Waals surface area (Å²) in [5.41, 5.74) is 7.27. The summed E-state index contributed by atoms with van der Waals surface area (Å²) in [6, 6.07) is 0. The van der Waals surface area contributed by atoms with Crippen LogP contribution in [0.4, 0.5) is 0 Å². The van der Waals surface area contributed by atoms with E-state index in [0.717, 1.165) is 32.0 Å². The molecule has 0 bridgehead atoms. The minimum absolute atomic E-state index is 0. The lowest BCUT2D eigenvalue weighted by Crippen LogP contribution is -2.42. The SMILES string of the molecule is CC1CCN(C(N)=NCC2=CCCOC2)CC1.I. The molecule has 2 aliphatic heterocycles. The summed E-state index contributed by atoms with van der Waals surface area (Å²) >= 11 is 0. The Balaban J connectivity index is 0.00000162. The molecule has 0 radical (unpaired) electrons. The van der Waals surface area contributed by atoms with Crippen molar-refractivity contribution in [2.75, 3.05) is 32.8 Å². The molecule has 1 fully saturated rings. The van der Waals surface area contributed by atoms with Crippen LogP contribution in [0.1, 0.15) is 26.2 Å². The van der Waals surface area contributed by atoms with E-state index < -0.39 is 0 Å². The summed E-state index contributed by atoms with van der Waals surface area (Å²) < 4.78 is 5.38. The van der Waals surface area contributed by atoms with Crippen molar-refractivity contribution >= 4 is 29.9 Å². The van der Waals surface area contributed by atoms with Crippen LogP contribution in [0.2, 0.25) is 0 Å². The average Bonchev–Trinajstić information content (AvgIpc) is 2.38. The van der Waals surface area contributed by atoms with E-state index in [-0.39, 0.29) is 24.0 Å². The number of nitrogens with zero attached hydrogens (tertiary/aromatic N) is 2. The third-order valence-corrected chi connectivity index (χ3v) is 3.53. The van der Waals surface area contributed by atoms with Crippen molar-refractivity contribution < 1.29 is 4.74 Å². The second kappa shape index (κ2) is 7.99. The second-order valence-corrected chi connectivity index (χ2v) is 5.05. The normalized spacial score (nSPS) is 22.4. The quantitative estimate of drug-likeness (QED) is 0.353. The lowest BCUT2D eigenvalue weighted by atomic mass is 10.00. The Labute approximate surface area is 127 Å². The zero-order valence-corrected chi connectivity index (χ0v) is 13.4. The van der Waals surface area contributed by atoms with E-state index in [1.807, 2.05) is 0 Å². The molecule has 0 amide bonds. The highest BCUT2D eigenvalue weighted by atomic mass is 127. The smallest absolute Gasteiger partial charge is 0.191 e. The maximum Gasteiger partial charge on any atom is 0.191 e. The fraction of sp³-hybridized carbons (Fsp3) is 0.769. The van der Waals surface area contributed by atoms with Crippen LogP contribution in [-0.4, -0.2) is 43.7 Å². The van der Waals surface area contributed by atoms with Crippen molar-refractivity contribution in [3.63, 3.8) is 0 Å². The Bertz CT molecular complexity index is 309. The van der Waals surface area contributed by atoms with E-state index in [4.69, 9.17) is 10.5 Å². The van der Waals surface area contributed by atoms with Gasteiger partial charge in [0.05, 0.1) is 19.8 Å². The number of hydrogen-bond donors (Lipinski definition) is 1. The lowest BCUT2D eigenvalue weighted by Gasteiger charge is -2.31. The molecular formula is C13H24IN3O. The third-order valence-electron chi connectivity index (χ3n) is 3.53. The average molecular weight is 365 g/mol. The molecule has 2 aliphatic rings. The molecule has 4 nitrogen and oxygen atoms in total. The van der Waals surface area contributed by atoms with Gasteiger partial charge >= 0.3 is 0 Å². The molecule has 0 aromatic carbocycles. The van der Waals surface area contributed by atoms with Crippen LogP contribution in [-0.2, 0) is 4.74 Å². The van der Waals surface area contributed by atoms with Crippen LogP contribution >= 0.6 is 24.0 Å². The first-order valence-corrected chi connectivity index (χ1v) is 6.56. The van der Waals surface area contributed by atoms with Gasteiger partial charge in [-0.15, -0.1) is 24.0 Å². The van der Waals surface area contributed by atoms with E-state index in [1.165, 1.54) is 18.4 Å². The van der Waals surface area contributed by atoms with Gasteiger partial charge in [-0.2, -0.15) is 0 Å². The standard InChI is InChI=1S/C13H23N3O.HI/c1-11-4-6-16(7-5-11)13(14)15-9-12-3-2-8-17-10-12;/h3,11H,2,4-10H2,1H3,(H2,14,15);1H. The number of guanidine groups is 1. The van der Waals surface area contributed by atoms with Gasteiger partial charge in [0.1, 0.15) is 0 Å². The highest BCUT2D eigenvalue weighted by Gasteiger charge is 2.16. The molecule has 5 heteroatoms. The van der Waals surface area contributed by atoms with Crippen LogP contribution in [0, 0.1) is 5.92 Å². The van der Waals surface area contributed by atoms with E-state index in [2.05, 4.69) is 22.9 Å². The molecule has 0 aromatic rings. The Morgan fingerprint density at radius 3 is 2.83 bits per heavy atom. The number of likely N-dealkylation sites (tertiary alicyclic amines) is 1. The second-order valence-electron chi connectivity index (χ2n) is 5.05.